The molecule has 6 heteroatoms. The number of nitrogens with one attached hydrogen (secondary N) is 1. The third kappa shape index (κ3) is 4.10. The lowest BCUT2D eigenvalue weighted by Crippen LogP contribution is -2.23. The smallest absolute Gasteiger partial charge is 0.234 e. The van der Waals surface area contributed by atoms with Gasteiger partial charge in [0.15, 0.2) is 6.61 Å². The van der Waals surface area contributed by atoms with Crippen molar-refractivity contribution in [1.29, 1.82) is 0 Å². The van der Waals surface area contributed by atoms with Crippen LogP contribution >= 0.6 is 23.4 Å². The normalized spacial score (nSPS) is 16.7. The van der Waals surface area contributed by atoms with Crippen molar-refractivity contribution in [3.63, 3.8) is 0 Å². The van der Waals surface area contributed by atoms with Gasteiger partial charge in [-0.3, -0.25) is 9.59 Å². The predicted molar refractivity (Wildman–Crippen MR) is 95.8 cm³/mol. The van der Waals surface area contributed by atoms with E-state index in [2.05, 4.69) is 5.32 Å². The Bertz CT molecular complexity index is 748. The second kappa shape index (κ2) is 7.73. The molecule has 0 radical (unpaired) electrons. The predicted octanol–water partition coefficient (Wildman–Crippen LogP) is 3.33. The van der Waals surface area contributed by atoms with Gasteiger partial charge >= 0.3 is 0 Å². The Morgan fingerprint density at radius 3 is 2.62 bits per heavy atom. The van der Waals surface area contributed by atoms with Crippen molar-refractivity contribution in [3.8, 4) is 5.75 Å². The molecule has 0 aliphatic carbocycles. The van der Waals surface area contributed by atoms with Gasteiger partial charge in [-0.2, -0.15) is 0 Å². The zero-order valence-corrected chi connectivity index (χ0v) is 14.4. The van der Waals surface area contributed by atoms with Crippen molar-refractivity contribution < 1.29 is 14.3 Å². The first-order valence-corrected chi connectivity index (χ1v) is 8.95. The van der Waals surface area contributed by atoms with Crippen LogP contribution in [0.1, 0.15) is 15.9 Å². The molecule has 124 valence electrons. The Labute approximate surface area is 149 Å². The molecule has 1 heterocycles. The van der Waals surface area contributed by atoms with Crippen LogP contribution in [0.15, 0.2) is 48.5 Å². The van der Waals surface area contributed by atoms with E-state index in [9.17, 15) is 9.59 Å². The molecule has 0 spiro atoms. The largest absolute Gasteiger partial charge is 0.485 e. The number of hydrogen-bond donors (Lipinski definition) is 1. The molecule has 1 unspecified atom stereocenters. The van der Waals surface area contributed by atoms with Crippen LogP contribution in [0.2, 0.25) is 5.02 Å². The fourth-order valence-corrected chi connectivity index (χ4v) is 3.62. The number of thioether (sulfide) groups is 1. The fraction of sp³-hybridized carbons (Fsp3) is 0.222. The number of hydrogen-bond acceptors (Lipinski definition) is 4. The van der Waals surface area contributed by atoms with Gasteiger partial charge in [-0.05, 0) is 36.2 Å². The van der Waals surface area contributed by atoms with E-state index in [1.165, 1.54) is 0 Å². The van der Waals surface area contributed by atoms with Crippen LogP contribution < -0.4 is 10.1 Å². The highest BCUT2D eigenvalue weighted by Gasteiger charge is 2.24. The molecule has 1 fully saturated rings. The lowest BCUT2D eigenvalue weighted by Gasteiger charge is -2.09. The number of rotatable bonds is 6. The average molecular weight is 362 g/mol. The summed E-state index contributed by atoms with van der Waals surface area (Å²) in [6.45, 7) is -0.0655. The summed E-state index contributed by atoms with van der Waals surface area (Å²) >= 11 is 7.62. The molecular weight excluding hydrogens is 346 g/mol. The standard InChI is InChI=1S/C18H16ClNO3S/c19-15-4-2-1-3-14(15)16(21)10-23-13-7-5-12(6-8-13)9-17-18(22)20-11-24-17/h1-8,17H,9-11H2,(H,20,22). The maximum atomic E-state index is 12.1. The molecule has 1 amide bonds. The third-order valence-corrected chi connectivity index (χ3v) is 5.14. The number of carbonyl (C=O) groups excluding carboxylic acids is 2. The average Bonchev–Trinajstić information content (AvgIpc) is 2.99. The van der Waals surface area contributed by atoms with Crippen LogP contribution in [0.3, 0.4) is 0 Å². The Balaban J connectivity index is 1.55. The SMILES string of the molecule is O=C(COc1ccc(CC2SCNC2=O)cc1)c1ccccc1Cl. The van der Waals surface area contributed by atoms with Gasteiger partial charge < -0.3 is 10.1 Å². The Hall–Kier alpha value is -1.98. The maximum absolute atomic E-state index is 12.1. The molecule has 1 N–H and O–H groups in total. The molecule has 1 aliphatic rings. The fourth-order valence-electron chi connectivity index (χ4n) is 2.40. The minimum atomic E-state index is -0.163. The van der Waals surface area contributed by atoms with Crippen molar-refractivity contribution in [2.24, 2.45) is 0 Å². The minimum Gasteiger partial charge on any atom is -0.485 e. The van der Waals surface area contributed by atoms with Crippen LogP contribution in [-0.2, 0) is 11.2 Å². The molecule has 3 rings (SSSR count). The summed E-state index contributed by atoms with van der Waals surface area (Å²) in [5.41, 5.74) is 1.52. The van der Waals surface area contributed by atoms with E-state index in [-0.39, 0.29) is 23.5 Å². The first kappa shape index (κ1) is 16.9. The van der Waals surface area contributed by atoms with E-state index in [1.54, 1.807) is 36.0 Å². The van der Waals surface area contributed by atoms with Gasteiger partial charge in [0.25, 0.3) is 0 Å². The Kier molecular flexibility index (Phi) is 5.43. The van der Waals surface area contributed by atoms with E-state index in [0.29, 0.717) is 28.6 Å². The zero-order chi connectivity index (χ0) is 16.9. The topological polar surface area (TPSA) is 55.4 Å². The second-order valence-electron chi connectivity index (χ2n) is 5.38. The quantitative estimate of drug-likeness (QED) is 0.802. The van der Waals surface area contributed by atoms with Gasteiger partial charge in [0.05, 0.1) is 16.1 Å². The van der Waals surface area contributed by atoms with Crippen LogP contribution in [0.5, 0.6) is 5.75 Å². The van der Waals surface area contributed by atoms with Crippen molar-refractivity contribution in [3.05, 3.63) is 64.7 Å². The van der Waals surface area contributed by atoms with E-state index in [4.69, 9.17) is 16.3 Å². The highest BCUT2D eigenvalue weighted by atomic mass is 35.5. The molecule has 4 nitrogen and oxygen atoms in total. The number of ether oxygens (including phenoxy) is 1. The maximum Gasteiger partial charge on any atom is 0.234 e. The lowest BCUT2D eigenvalue weighted by molar-refractivity contribution is -0.119. The van der Waals surface area contributed by atoms with Crippen LogP contribution in [-0.4, -0.2) is 29.4 Å². The van der Waals surface area contributed by atoms with E-state index in [1.807, 2.05) is 24.3 Å². The van der Waals surface area contributed by atoms with E-state index in [0.717, 1.165) is 5.56 Å². The summed E-state index contributed by atoms with van der Waals surface area (Å²) < 4.78 is 5.53. The summed E-state index contributed by atoms with van der Waals surface area (Å²) in [7, 11) is 0. The van der Waals surface area contributed by atoms with Gasteiger partial charge in [0, 0.05) is 5.56 Å². The molecule has 1 atom stereocenters. The Morgan fingerprint density at radius 1 is 1.21 bits per heavy atom. The molecule has 1 saturated heterocycles. The monoisotopic (exact) mass is 361 g/mol. The highest BCUT2D eigenvalue weighted by Crippen LogP contribution is 2.22. The summed E-state index contributed by atoms with van der Waals surface area (Å²) in [5, 5.41) is 3.20. The molecule has 0 bridgehead atoms. The van der Waals surface area contributed by atoms with Gasteiger partial charge in [0.1, 0.15) is 5.75 Å². The number of Topliss-reactive ketones (excluding diaryl/α,β-unsaturated/α-hetero) is 1. The van der Waals surface area contributed by atoms with Crippen LogP contribution in [0, 0.1) is 0 Å². The third-order valence-electron chi connectivity index (χ3n) is 3.71. The van der Waals surface area contributed by atoms with Crippen molar-refractivity contribution in [2.75, 3.05) is 12.5 Å². The number of halogens is 1. The van der Waals surface area contributed by atoms with E-state index < -0.39 is 0 Å². The molecule has 0 aromatic heterocycles. The van der Waals surface area contributed by atoms with Crippen molar-refractivity contribution >= 4 is 35.1 Å². The molecule has 2 aromatic rings. The van der Waals surface area contributed by atoms with E-state index >= 15 is 0 Å². The molecule has 1 aliphatic heterocycles. The van der Waals surface area contributed by atoms with Gasteiger partial charge in [-0.25, -0.2) is 0 Å². The van der Waals surface area contributed by atoms with Crippen LogP contribution in [0.4, 0.5) is 0 Å². The number of carbonyl (C=O) groups is 2. The van der Waals surface area contributed by atoms with Crippen molar-refractivity contribution in [1.82, 2.24) is 5.32 Å². The lowest BCUT2D eigenvalue weighted by atomic mass is 10.1. The zero-order valence-electron chi connectivity index (χ0n) is 12.8. The summed E-state index contributed by atoms with van der Waals surface area (Å²) in [5.74, 6) is 1.21. The van der Waals surface area contributed by atoms with Gasteiger partial charge in [-0.15, -0.1) is 11.8 Å². The Morgan fingerprint density at radius 2 is 1.96 bits per heavy atom. The number of benzene rings is 2. The second-order valence-corrected chi connectivity index (χ2v) is 6.98. The minimum absolute atomic E-state index is 0.0291. The first-order valence-electron chi connectivity index (χ1n) is 7.52. The van der Waals surface area contributed by atoms with Gasteiger partial charge in [-0.1, -0.05) is 35.9 Å². The first-order chi connectivity index (χ1) is 11.6. The molecular formula is C18H16ClNO3S. The summed E-state index contributed by atoms with van der Waals surface area (Å²) in [6, 6.07) is 14.4. The summed E-state index contributed by atoms with van der Waals surface area (Å²) in [6.07, 6.45) is 0.690. The molecule has 2 aromatic carbocycles. The number of ketones is 1. The molecule has 24 heavy (non-hydrogen) atoms. The molecule has 0 saturated carbocycles. The number of amides is 1. The highest BCUT2D eigenvalue weighted by molar-refractivity contribution is 8.01. The summed E-state index contributed by atoms with van der Waals surface area (Å²) in [4.78, 5) is 23.7. The van der Waals surface area contributed by atoms with Crippen molar-refractivity contribution in [2.45, 2.75) is 11.7 Å². The van der Waals surface area contributed by atoms with Gasteiger partial charge in [0.2, 0.25) is 11.7 Å². The van der Waals surface area contributed by atoms with Crippen LogP contribution in [0.25, 0.3) is 0 Å².